The van der Waals surface area contributed by atoms with Crippen LogP contribution < -0.4 is 4.90 Å². The number of carbonyl (C=O) groups is 1. The second kappa shape index (κ2) is 9.99. The summed E-state index contributed by atoms with van der Waals surface area (Å²) >= 11 is 0. The lowest BCUT2D eigenvalue weighted by Gasteiger charge is -2.31. The highest BCUT2D eigenvalue weighted by Crippen LogP contribution is 2.48. The summed E-state index contributed by atoms with van der Waals surface area (Å²) in [5, 5.41) is 2.37. The molecule has 1 saturated heterocycles. The SMILES string of the molecule is C=CCN1CCCN(c2ccc3c4c(cccc24)C(=O)C3(Cc2ccccc2)Cc2ccccc2)CC1. The number of anilines is 1. The minimum absolute atomic E-state index is 0.256. The van der Waals surface area contributed by atoms with E-state index < -0.39 is 5.41 Å². The first-order valence-corrected chi connectivity index (χ1v) is 13.5. The Balaban J connectivity index is 1.47. The van der Waals surface area contributed by atoms with Gasteiger partial charge in [0.15, 0.2) is 5.78 Å². The quantitative estimate of drug-likeness (QED) is 0.280. The van der Waals surface area contributed by atoms with Crippen molar-refractivity contribution < 1.29 is 4.79 Å². The molecule has 3 nitrogen and oxygen atoms in total. The number of benzene rings is 4. The molecule has 0 spiro atoms. The van der Waals surface area contributed by atoms with Crippen LogP contribution in [0.1, 0.15) is 33.5 Å². The summed E-state index contributed by atoms with van der Waals surface area (Å²) in [5.74, 6) is 0.256. The molecule has 186 valence electrons. The van der Waals surface area contributed by atoms with E-state index in [1.165, 1.54) is 27.8 Å². The van der Waals surface area contributed by atoms with Crippen molar-refractivity contribution in [3.63, 3.8) is 0 Å². The molecule has 0 bridgehead atoms. The Kier molecular flexibility index (Phi) is 6.40. The molecule has 6 rings (SSSR count). The average molecular weight is 487 g/mol. The van der Waals surface area contributed by atoms with Crippen LogP contribution >= 0.6 is 0 Å². The predicted octanol–water partition coefficient (Wildman–Crippen LogP) is 6.46. The lowest BCUT2D eigenvalue weighted by atomic mass is 9.71. The summed E-state index contributed by atoms with van der Waals surface area (Å²) in [7, 11) is 0. The zero-order valence-electron chi connectivity index (χ0n) is 21.4. The Morgan fingerprint density at radius 3 is 2.14 bits per heavy atom. The van der Waals surface area contributed by atoms with E-state index in [1.807, 2.05) is 24.3 Å². The molecule has 3 heteroatoms. The molecule has 1 aliphatic carbocycles. The van der Waals surface area contributed by atoms with Gasteiger partial charge in [0.25, 0.3) is 0 Å². The minimum Gasteiger partial charge on any atom is -0.370 e. The van der Waals surface area contributed by atoms with Crippen molar-refractivity contribution >= 4 is 22.2 Å². The fraction of sp³-hybridized carbons (Fsp3) is 0.265. The largest absolute Gasteiger partial charge is 0.370 e. The fourth-order valence-electron chi connectivity index (χ4n) is 6.51. The molecule has 0 saturated carbocycles. The van der Waals surface area contributed by atoms with E-state index in [1.54, 1.807) is 0 Å². The number of ketones is 1. The molecule has 1 aliphatic heterocycles. The fourth-order valence-corrected chi connectivity index (χ4v) is 6.51. The van der Waals surface area contributed by atoms with Crippen LogP contribution in [0.25, 0.3) is 10.8 Å². The van der Waals surface area contributed by atoms with Crippen molar-refractivity contribution in [3.8, 4) is 0 Å². The normalized spacial score (nSPS) is 17.2. The molecule has 1 heterocycles. The van der Waals surface area contributed by atoms with E-state index in [4.69, 9.17) is 0 Å². The molecular formula is C34H34N2O. The predicted molar refractivity (Wildman–Crippen MR) is 154 cm³/mol. The van der Waals surface area contributed by atoms with Crippen LogP contribution in [0.2, 0.25) is 0 Å². The van der Waals surface area contributed by atoms with Crippen LogP contribution in [-0.2, 0) is 18.3 Å². The van der Waals surface area contributed by atoms with Gasteiger partial charge in [-0.15, -0.1) is 6.58 Å². The van der Waals surface area contributed by atoms with Gasteiger partial charge < -0.3 is 4.90 Å². The molecule has 2 aliphatic rings. The van der Waals surface area contributed by atoms with Crippen molar-refractivity contribution in [1.82, 2.24) is 4.90 Å². The van der Waals surface area contributed by atoms with Gasteiger partial charge in [0, 0.05) is 49.4 Å². The van der Waals surface area contributed by atoms with Crippen molar-refractivity contribution in [2.75, 3.05) is 37.6 Å². The summed E-state index contributed by atoms with van der Waals surface area (Å²) in [6.07, 6.45) is 4.52. The number of Topliss-reactive ketones (excluding diaryl/α,β-unsaturated/α-hetero) is 1. The molecular weight excluding hydrogens is 452 g/mol. The van der Waals surface area contributed by atoms with E-state index in [9.17, 15) is 4.79 Å². The third-order valence-corrected chi connectivity index (χ3v) is 8.23. The van der Waals surface area contributed by atoms with Crippen LogP contribution in [0.5, 0.6) is 0 Å². The smallest absolute Gasteiger partial charge is 0.174 e. The van der Waals surface area contributed by atoms with Crippen LogP contribution in [0.3, 0.4) is 0 Å². The molecule has 4 aromatic rings. The van der Waals surface area contributed by atoms with Crippen molar-refractivity contribution in [2.24, 2.45) is 0 Å². The first-order valence-electron chi connectivity index (χ1n) is 13.5. The third kappa shape index (κ3) is 4.28. The minimum atomic E-state index is -0.608. The van der Waals surface area contributed by atoms with Gasteiger partial charge in [0.2, 0.25) is 0 Å². The molecule has 0 atom stereocenters. The number of hydrogen-bond acceptors (Lipinski definition) is 3. The maximum Gasteiger partial charge on any atom is 0.174 e. The Morgan fingerprint density at radius 1 is 0.757 bits per heavy atom. The Hall–Kier alpha value is -3.69. The number of carbonyl (C=O) groups excluding carboxylic acids is 1. The standard InChI is InChI=1S/C34H34N2O/c1-2-19-35-20-10-21-36(23-22-35)31-18-17-30-32-28(31)15-9-16-29(32)33(37)34(30,24-26-11-5-3-6-12-26)25-27-13-7-4-8-14-27/h2-9,11-18H,1,10,19-25H2. The maximum absolute atomic E-state index is 14.4. The van der Waals surface area contributed by atoms with Gasteiger partial charge in [-0.3, -0.25) is 9.69 Å². The van der Waals surface area contributed by atoms with Crippen LogP contribution in [0.4, 0.5) is 5.69 Å². The molecule has 4 aromatic carbocycles. The van der Waals surface area contributed by atoms with Crippen molar-refractivity contribution in [2.45, 2.75) is 24.7 Å². The van der Waals surface area contributed by atoms with E-state index in [2.05, 4.69) is 89.2 Å². The molecule has 1 fully saturated rings. The first kappa shape index (κ1) is 23.7. The molecule has 0 unspecified atom stereocenters. The summed E-state index contributed by atoms with van der Waals surface area (Å²) in [4.78, 5) is 19.4. The highest BCUT2D eigenvalue weighted by molar-refractivity contribution is 6.22. The molecule has 0 N–H and O–H groups in total. The second-order valence-electron chi connectivity index (χ2n) is 10.5. The molecule has 0 aromatic heterocycles. The summed E-state index contributed by atoms with van der Waals surface area (Å²) in [5.41, 5.74) is 5.11. The Bertz CT molecular complexity index is 1390. The first-order chi connectivity index (χ1) is 18.2. The summed E-state index contributed by atoms with van der Waals surface area (Å²) in [6.45, 7) is 9.00. The summed E-state index contributed by atoms with van der Waals surface area (Å²) in [6, 6.07) is 31.9. The second-order valence-corrected chi connectivity index (χ2v) is 10.5. The van der Waals surface area contributed by atoms with Gasteiger partial charge >= 0.3 is 0 Å². The van der Waals surface area contributed by atoms with Crippen molar-refractivity contribution in [3.05, 3.63) is 126 Å². The van der Waals surface area contributed by atoms with E-state index in [0.717, 1.165) is 50.1 Å². The van der Waals surface area contributed by atoms with Gasteiger partial charge in [-0.2, -0.15) is 0 Å². The number of nitrogens with zero attached hydrogens (tertiary/aromatic N) is 2. The highest BCUT2D eigenvalue weighted by Gasteiger charge is 2.47. The van der Waals surface area contributed by atoms with Gasteiger partial charge in [-0.05, 0) is 47.4 Å². The van der Waals surface area contributed by atoms with Gasteiger partial charge in [-0.25, -0.2) is 0 Å². The lowest BCUT2D eigenvalue weighted by molar-refractivity contribution is 0.0892. The van der Waals surface area contributed by atoms with Crippen molar-refractivity contribution in [1.29, 1.82) is 0 Å². The average Bonchev–Trinajstić information content (AvgIpc) is 3.06. The Labute approximate surface area is 220 Å². The van der Waals surface area contributed by atoms with Gasteiger partial charge in [0.05, 0.1) is 5.41 Å². The zero-order chi connectivity index (χ0) is 25.2. The van der Waals surface area contributed by atoms with Gasteiger partial charge in [0.1, 0.15) is 0 Å². The molecule has 0 amide bonds. The zero-order valence-corrected chi connectivity index (χ0v) is 21.4. The van der Waals surface area contributed by atoms with E-state index >= 15 is 0 Å². The maximum atomic E-state index is 14.4. The van der Waals surface area contributed by atoms with Gasteiger partial charge in [-0.1, -0.05) is 91.0 Å². The van der Waals surface area contributed by atoms with E-state index in [0.29, 0.717) is 12.8 Å². The number of hydrogen-bond donors (Lipinski definition) is 0. The Morgan fingerprint density at radius 2 is 1.46 bits per heavy atom. The van der Waals surface area contributed by atoms with Crippen LogP contribution in [-0.4, -0.2) is 43.4 Å². The summed E-state index contributed by atoms with van der Waals surface area (Å²) < 4.78 is 0. The highest BCUT2D eigenvalue weighted by atomic mass is 16.1. The molecule has 0 radical (unpaired) electrons. The monoisotopic (exact) mass is 486 g/mol. The lowest BCUT2D eigenvalue weighted by Crippen LogP contribution is -2.37. The van der Waals surface area contributed by atoms with E-state index in [-0.39, 0.29) is 5.78 Å². The topological polar surface area (TPSA) is 23.6 Å². The van der Waals surface area contributed by atoms with Crippen LogP contribution in [0, 0.1) is 0 Å². The van der Waals surface area contributed by atoms with Crippen LogP contribution in [0.15, 0.2) is 104 Å². The third-order valence-electron chi connectivity index (χ3n) is 8.23. The molecule has 37 heavy (non-hydrogen) atoms. The number of rotatable bonds is 7.